The van der Waals surface area contributed by atoms with Crippen molar-refractivity contribution in [3.05, 3.63) is 70.5 Å². The Morgan fingerprint density at radius 1 is 1.00 bits per heavy atom. The number of halogens is 3. The molecule has 0 aliphatic carbocycles. The molecular formula is C18H20Cl2FN3. The van der Waals surface area contributed by atoms with Crippen LogP contribution >= 0.6 is 24.0 Å². The van der Waals surface area contributed by atoms with Gasteiger partial charge >= 0.3 is 0 Å². The van der Waals surface area contributed by atoms with E-state index in [0.29, 0.717) is 5.56 Å². The van der Waals surface area contributed by atoms with E-state index >= 15 is 0 Å². The maximum absolute atomic E-state index is 13.6. The molecule has 0 atom stereocenters. The Labute approximate surface area is 153 Å². The van der Waals surface area contributed by atoms with Gasteiger partial charge in [-0.3, -0.25) is 9.91 Å². The highest BCUT2D eigenvalue weighted by atomic mass is 35.5. The molecule has 0 saturated carbocycles. The largest absolute Gasteiger partial charge is 0.295 e. The van der Waals surface area contributed by atoms with Crippen molar-refractivity contribution in [3.8, 4) is 0 Å². The third-order valence-corrected chi connectivity index (χ3v) is 4.33. The first kappa shape index (κ1) is 18.7. The molecule has 1 saturated heterocycles. The fourth-order valence-corrected chi connectivity index (χ4v) is 2.80. The predicted octanol–water partition coefficient (Wildman–Crippen LogP) is 4.05. The average molecular weight is 368 g/mol. The van der Waals surface area contributed by atoms with Gasteiger partial charge in [0.15, 0.2) is 0 Å². The van der Waals surface area contributed by atoms with Gasteiger partial charge in [0, 0.05) is 43.3 Å². The van der Waals surface area contributed by atoms with Crippen molar-refractivity contribution in [1.29, 1.82) is 0 Å². The SMILES string of the molecule is Cl.Fc1ccccc1C=NN1CCN(Cc2ccccc2Cl)CC1. The summed E-state index contributed by atoms with van der Waals surface area (Å²) >= 11 is 6.21. The molecule has 1 aliphatic rings. The summed E-state index contributed by atoms with van der Waals surface area (Å²) in [6, 6.07) is 14.6. The molecule has 1 aliphatic heterocycles. The summed E-state index contributed by atoms with van der Waals surface area (Å²) in [4.78, 5) is 2.36. The third kappa shape index (κ3) is 4.94. The van der Waals surface area contributed by atoms with E-state index in [-0.39, 0.29) is 18.2 Å². The Bertz CT molecular complexity index is 685. The first-order valence-electron chi connectivity index (χ1n) is 7.71. The molecule has 0 bridgehead atoms. The van der Waals surface area contributed by atoms with Crippen LogP contribution in [0.2, 0.25) is 5.02 Å². The summed E-state index contributed by atoms with van der Waals surface area (Å²) in [6.07, 6.45) is 1.60. The Morgan fingerprint density at radius 2 is 1.67 bits per heavy atom. The van der Waals surface area contributed by atoms with Gasteiger partial charge in [0.1, 0.15) is 5.82 Å². The minimum atomic E-state index is -0.242. The van der Waals surface area contributed by atoms with Crippen LogP contribution in [0.15, 0.2) is 53.6 Å². The normalized spacial score (nSPS) is 15.5. The zero-order chi connectivity index (χ0) is 16.1. The number of benzene rings is 2. The Hall–Kier alpha value is -1.62. The molecule has 0 N–H and O–H groups in total. The van der Waals surface area contributed by atoms with Crippen LogP contribution in [0.3, 0.4) is 0 Å². The van der Waals surface area contributed by atoms with Gasteiger partial charge in [0.2, 0.25) is 0 Å². The predicted molar refractivity (Wildman–Crippen MR) is 99.5 cm³/mol. The number of hydrazone groups is 1. The number of hydrogen-bond donors (Lipinski definition) is 0. The van der Waals surface area contributed by atoms with E-state index in [1.54, 1.807) is 18.3 Å². The molecule has 128 valence electrons. The lowest BCUT2D eigenvalue weighted by Crippen LogP contribution is -2.43. The molecule has 1 fully saturated rings. The summed E-state index contributed by atoms with van der Waals surface area (Å²) < 4.78 is 13.6. The average Bonchev–Trinajstić information content (AvgIpc) is 2.57. The standard InChI is InChI=1S/C18H19ClFN3.ClH/c19-17-7-3-1-6-16(17)14-22-9-11-23(12-10-22)21-13-15-5-2-4-8-18(15)20;/h1-8,13H,9-12,14H2;1H. The summed E-state index contributed by atoms with van der Waals surface area (Å²) in [5.41, 5.74) is 1.67. The van der Waals surface area contributed by atoms with Gasteiger partial charge in [0.05, 0.1) is 6.21 Å². The van der Waals surface area contributed by atoms with Crippen LogP contribution < -0.4 is 0 Å². The topological polar surface area (TPSA) is 18.8 Å². The number of piperazine rings is 1. The van der Waals surface area contributed by atoms with E-state index in [1.165, 1.54) is 6.07 Å². The van der Waals surface area contributed by atoms with Crippen LogP contribution in [-0.2, 0) is 6.54 Å². The van der Waals surface area contributed by atoms with Gasteiger partial charge in [-0.1, -0.05) is 48.0 Å². The van der Waals surface area contributed by atoms with Crippen LogP contribution in [0.25, 0.3) is 0 Å². The molecule has 0 aromatic heterocycles. The zero-order valence-electron chi connectivity index (χ0n) is 13.2. The summed E-state index contributed by atoms with van der Waals surface area (Å²) in [5.74, 6) is -0.242. The maximum Gasteiger partial charge on any atom is 0.132 e. The van der Waals surface area contributed by atoms with Crippen LogP contribution in [-0.4, -0.2) is 42.3 Å². The maximum atomic E-state index is 13.6. The second-order valence-corrected chi connectivity index (χ2v) is 5.99. The Balaban J connectivity index is 0.00000208. The van der Waals surface area contributed by atoms with E-state index in [2.05, 4.69) is 16.1 Å². The summed E-state index contributed by atoms with van der Waals surface area (Å²) in [7, 11) is 0. The summed E-state index contributed by atoms with van der Waals surface area (Å²) in [6.45, 7) is 4.34. The number of rotatable bonds is 4. The minimum absolute atomic E-state index is 0. The van der Waals surface area contributed by atoms with Gasteiger partial charge < -0.3 is 0 Å². The van der Waals surface area contributed by atoms with Crippen LogP contribution in [0.1, 0.15) is 11.1 Å². The van der Waals surface area contributed by atoms with Gasteiger partial charge in [-0.15, -0.1) is 12.4 Å². The molecule has 24 heavy (non-hydrogen) atoms. The highest BCUT2D eigenvalue weighted by Crippen LogP contribution is 2.18. The molecule has 0 spiro atoms. The van der Waals surface area contributed by atoms with Crippen molar-refractivity contribution in [2.24, 2.45) is 5.10 Å². The first-order chi connectivity index (χ1) is 11.2. The van der Waals surface area contributed by atoms with Crippen LogP contribution in [0.5, 0.6) is 0 Å². The molecule has 0 unspecified atom stereocenters. The Morgan fingerprint density at radius 3 is 2.38 bits per heavy atom. The lowest BCUT2D eigenvalue weighted by molar-refractivity contribution is 0.131. The summed E-state index contributed by atoms with van der Waals surface area (Å²) in [5, 5.41) is 7.18. The quantitative estimate of drug-likeness (QED) is 0.759. The fraction of sp³-hybridized carbons (Fsp3) is 0.278. The molecule has 2 aromatic rings. The monoisotopic (exact) mass is 367 g/mol. The number of hydrogen-bond acceptors (Lipinski definition) is 3. The van der Waals surface area contributed by atoms with Crippen molar-refractivity contribution < 1.29 is 4.39 Å². The lowest BCUT2D eigenvalue weighted by atomic mass is 10.2. The first-order valence-corrected chi connectivity index (χ1v) is 8.09. The molecule has 1 heterocycles. The van der Waals surface area contributed by atoms with E-state index in [0.717, 1.165) is 43.3 Å². The second kappa shape index (κ2) is 9.02. The van der Waals surface area contributed by atoms with Crippen molar-refractivity contribution in [2.45, 2.75) is 6.54 Å². The van der Waals surface area contributed by atoms with Crippen LogP contribution in [0, 0.1) is 5.82 Å². The molecule has 0 radical (unpaired) electrons. The highest BCUT2D eigenvalue weighted by Gasteiger charge is 2.16. The molecule has 3 rings (SSSR count). The van der Waals surface area contributed by atoms with Gasteiger partial charge in [-0.25, -0.2) is 4.39 Å². The lowest BCUT2D eigenvalue weighted by Gasteiger charge is -2.33. The minimum Gasteiger partial charge on any atom is -0.295 e. The molecular weight excluding hydrogens is 348 g/mol. The zero-order valence-corrected chi connectivity index (χ0v) is 14.8. The molecule has 2 aromatic carbocycles. The van der Waals surface area contributed by atoms with Gasteiger partial charge in [-0.2, -0.15) is 5.10 Å². The number of nitrogens with zero attached hydrogens (tertiary/aromatic N) is 3. The molecule has 3 nitrogen and oxygen atoms in total. The fourth-order valence-electron chi connectivity index (χ4n) is 2.60. The van der Waals surface area contributed by atoms with Crippen molar-refractivity contribution in [2.75, 3.05) is 26.2 Å². The van der Waals surface area contributed by atoms with Gasteiger partial charge in [0.25, 0.3) is 0 Å². The van der Waals surface area contributed by atoms with E-state index in [9.17, 15) is 4.39 Å². The molecule has 6 heteroatoms. The van der Waals surface area contributed by atoms with E-state index in [4.69, 9.17) is 11.6 Å². The van der Waals surface area contributed by atoms with Gasteiger partial charge in [-0.05, 0) is 17.7 Å². The molecule has 0 amide bonds. The van der Waals surface area contributed by atoms with Crippen molar-refractivity contribution in [1.82, 2.24) is 9.91 Å². The second-order valence-electron chi connectivity index (χ2n) is 5.59. The smallest absolute Gasteiger partial charge is 0.132 e. The van der Waals surface area contributed by atoms with E-state index in [1.807, 2.05) is 29.3 Å². The van der Waals surface area contributed by atoms with Crippen molar-refractivity contribution in [3.63, 3.8) is 0 Å². The van der Waals surface area contributed by atoms with Crippen LogP contribution in [0.4, 0.5) is 4.39 Å². The highest BCUT2D eigenvalue weighted by molar-refractivity contribution is 6.31. The Kier molecular flexibility index (Phi) is 7.03. The van der Waals surface area contributed by atoms with E-state index < -0.39 is 0 Å². The van der Waals surface area contributed by atoms with Crippen molar-refractivity contribution >= 4 is 30.2 Å². The third-order valence-electron chi connectivity index (χ3n) is 3.97.